The summed E-state index contributed by atoms with van der Waals surface area (Å²) in [5.74, 6) is 0. The monoisotopic (exact) mass is 198 g/mol. The summed E-state index contributed by atoms with van der Waals surface area (Å²) in [6.45, 7) is 4.98. The van der Waals surface area contributed by atoms with Crippen molar-refractivity contribution in [3.63, 3.8) is 0 Å². The van der Waals surface area contributed by atoms with Crippen molar-refractivity contribution in [1.82, 2.24) is 9.80 Å². The average molecular weight is 198 g/mol. The van der Waals surface area contributed by atoms with Gasteiger partial charge in [-0.05, 0) is 33.2 Å². The number of hydrogen-bond acceptors (Lipinski definition) is 3. The van der Waals surface area contributed by atoms with Gasteiger partial charge in [0.2, 0.25) is 0 Å². The van der Waals surface area contributed by atoms with E-state index in [0.717, 1.165) is 19.0 Å². The van der Waals surface area contributed by atoms with Crippen LogP contribution in [0.3, 0.4) is 0 Å². The number of likely N-dealkylation sites (N-methyl/N-ethyl adjacent to an activating group) is 1. The molecule has 2 atom stereocenters. The van der Waals surface area contributed by atoms with E-state index in [1.54, 1.807) is 0 Å². The molecule has 1 aliphatic heterocycles. The Morgan fingerprint density at radius 1 is 1.29 bits per heavy atom. The molecular formula is C11H22N2O. The summed E-state index contributed by atoms with van der Waals surface area (Å²) in [6.07, 6.45) is 3.70. The number of aliphatic hydroxyl groups is 1. The van der Waals surface area contributed by atoms with Crippen molar-refractivity contribution in [3.8, 4) is 0 Å². The number of rotatable bonds is 3. The fourth-order valence-corrected chi connectivity index (χ4v) is 2.48. The molecule has 14 heavy (non-hydrogen) atoms. The first-order chi connectivity index (χ1) is 6.72. The molecule has 0 bridgehead atoms. The Bertz CT molecular complexity index is 194. The van der Waals surface area contributed by atoms with E-state index in [2.05, 4.69) is 23.8 Å². The van der Waals surface area contributed by atoms with Crippen LogP contribution in [0, 0.1) is 0 Å². The van der Waals surface area contributed by atoms with Crippen LogP contribution >= 0.6 is 0 Å². The molecule has 1 aliphatic carbocycles. The molecule has 1 N–H and O–H groups in total. The summed E-state index contributed by atoms with van der Waals surface area (Å²) < 4.78 is 0. The van der Waals surface area contributed by atoms with Crippen LogP contribution in [0.1, 0.15) is 26.2 Å². The second-order valence-electron chi connectivity index (χ2n) is 4.87. The van der Waals surface area contributed by atoms with Gasteiger partial charge in [0, 0.05) is 37.8 Å². The van der Waals surface area contributed by atoms with Gasteiger partial charge >= 0.3 is 0 Å². The van der Waals surface area contributed by atoms with Gasteiger partial charge in [-0.1, -0.05) is 0 Å². The molecule has 1 saturated carbocycles. The van der Waals surface area contributed by atoms with Crippen molar-refractivity contribution in [2.24, 2.45) is 0 Å². The molecule has 2 unspecified atom stereocenters. The van der Waals surface area contributed by atoms with Crippen molar-refractivity contribution in [3.05, 3.63) is 0 Å². The maximum Gasteiger partial charge on any atom is 0.0446 e. The second kappa shape index (κ2) is 4.17. The highest BCUT2D eigenvalue weighted by Gasteiger charge is 2.36. The number of hydrogen-bond donors (Lipinski definition) is 1. The molecule has 82 valence electrons. The van der Waals surface area contributed by atoms with E-state index in [1.807, 2.05) is 0 Å². The SMILES string of the molecule is CC1CN(C2CC2)CC(CCO)N1C. The highest BCUT2D eigenvalue weighted by molar-refractivity contribution is 4.93. The fourth-order valence-electron chi connectivity index (χ4n) is 2.48. The van der Waals surface area contributed by atoms with E-state index in [-0.39, 0.29) is 0 Å². The number of piperazine rings is 1. The highest BCUT2D eigenvalue weighted by Crippen LogP contribution is 2.30. The maximum atomic E-state index is 9.02. The smallest absolute Gasteiger partial charge is 0.0446 e. The standard InChI is InChI=1S/C11H22N2O/c1-9-7-13(10-3-4-10)8-11(5-6-14)12(9)2/h9-11,14H,3-8H2,1-2H3. The number of aliphatic hydroxyl groups excluding tert-OH is 1. The summed E-state index contributed by atoms with van der Waals surface area (Å²) >= 11 is 0. The molecule has 3 heteroatoms. The summed E-state index contributed by atoms with van der Waals surface area (Å²) in [4.78, 5) is 5.04. The van der Waals surface area contributed by atoms with E-state index in [9.17, 15) is 0 Å². The van der Waals surface area contributed by atoms with Crippen LogP contribution in [0.5, 0.6) is 0 Å². The Kier molecular flexibility index (Phi) is 3.10. The Balaban J connectivity index is 1.93. The molecule has 1 heterocycles. The summed E-state index contributed by atoms with van der Waals surface area (Å²) in [7, 11) is 2.19. The lowest BCUT2D eigenvalue weighted by Gasteiger charge is -2.44. The Hall–Kier alpha value is -0.120. The van der Waals surface area contributed by atoms with Crippen LogP contribution in [0.2, 0.25) is 0 Å². The van der Waals surface area contributed by atoms with Gasteiger partial charge < -0.3 is 5.11 Å². The normalized spacial score (nSPS) is 36.2. The maximum absolute atomic E-state index is 9.02. The Morgan fingerprint density at radius 2 is 2.00 bits per heavy atom. The molecule has 0 aromatic carbocycles. The van der Waals surface area contributed by atoms with Crippen LogP contribution in [0.15, 0.2) is 0 Å². The van der Waals surface area contributed by atoms with Gasteiger partial charge in [-0.15, -0.1) is 0 Å². The van der Waals surface area contributed by atoms with Gasteiger partial charge in [-0.3, -0.25) is 9.80 Å². The minimum atomic E-state index is 0.320. The molecule has 0 spiro atoms. The van der Waals surface area contributed by atoms with E-state index in [1.165, 1.54) is 19.4 Å². The number of nitrogens with zero attached hydrogens (tertiary/aromatic N) is 2. The minimum absolute atomic E-state index is 0.320. The largest absolute Gasteiger partial charge is 0.396 e. The van der Waals surface area contributed by atoms with Crippen LogP contribution in [-0.2, 0) is 0 Å². The molecule has 3 nitrogen and oxygen atoms in total. The Labute approximate surface area is 86.7 Å². The van der Waals surface area contributed by atoms with E-state index in [0.29, 0.717) is 18.7 Å². The summed E-state index contributed by atoms with van der Waals surface area (Å²) in [5.41, 5.74) is 0. The quantitative estimate of drug-likeness (QED) is 0.717. The zero-order chi connectivity index (χ0) is 10.1. The molecule has 0 aromatic rings. The molecule has 2 fully saturated rings. The lowest BCUT2D eigenvalue weighted by Crippen LogP contribution is -2.56. The van der Waals surface area contributed by atoms with E-state index < -0.39 is 0 Å². The average Bonchev–Trinajstić information content (AvgIpc) is 2.96. The van der Waals surface area contributed by atoms with E-state index in [4.69, 9.17) is 5.11 Å². The minimum Gasteiger partial charge on any atom is -0.396 e. The zero-order valence-electron chi connectivity index (χ0n) is 9.32. The first kappa shape index (κ1) is 10.4. The summed E-state index contributed by atoms with van der Waals surface area (Å²) in [6, 6.07) is 2.07. The van der Waals surface area contributed by atoms with Crippen molar-refractivity contribution in [2.75, 3.05) is 26.7 Å². The molecule has 1 saturated heterocycles. The highest BCUT2D eigenvalue weighted by atomic mass is 16.3. The Morgan fingerprint density at radius 3 is 2.57 bits per heavy atom. The van der Waals surface area contributed by atoms with Gasteiger partial charge in [0.1, 0.15) is 0 Å². The third-order valence-electron chi connectivity index (χ3n) is 3.74. The van der Waals surface area contributed by atoms with Crippen LogP contribution < -0.4 is 0 Å². The topological polar surface area (TPSA) is 26.7 Å². The fraction of sp³-hybridized carbons (Fsp3) is 1.00. The van der Waals surface area contributed by atoms with Crippen LogP contribution in [0.25, 0.3) is 0 Å². The van der Waals surface area contributed by atoms with Crippen molar-refractivity contribution in [1.29, 1.82) is 0 Å². The second-order valence-corrected chi connectivity index (χ2v) is 4.87. The lowest BCUT2D eigenvalue weighted by molar-refractivity contribution is 0.0349. The first-order valence-electron chi connectivity index (χ1n) is 5.79. The third-order valence-corrected chi connectivity index (χ3v) is 3.74. The molecular weight excluding hydrogens is 176 g/mol. The lowest BCUT2D eigenvalue weighted by atomic mass is 10.1. The molecule has 0 aromatic heterocycles. The van der Waals surface area contributed by atoms with Crippen molar-refractivity contribution >= 4 is 0 Å². The molecule has 2 rings (SSSR count). The van der Waals surface area contributed by atoms with Gasteiger partial charge in [0.05, 0.1) is 0 Å². The molecule has 0 radical (unpaired) electrons. The molecule has 0 amide bonds. The third kappa shape index (κ3) is 2.10. The summed E-state index contributed by atoms with van der Waals surface area (Å²) in [5, 5.41) is 9.02. The predicted molar refractivity (Wildman–Crippen MR) is 57.3 cm³/mol. The van der Waals surface area contributed by atoms with Crippen molar-refractivity contribution < 1.29 is 5.11 Å². The van der Waals surface area contributed by atoms with E-state index >= 15 is 0 Å². The predicted octanol–water partition coefficient (Wildman–Crippen LogP) is 0.536. The van der Waals surface area contributed by atoms with Crippen LogP contribution in [-0.4, -0.2) is 59.8 Å². The first-order valence-corrected chi connectivity index (χ1v) is 5.79. The van der Waals surface area contributed by atoms with Crippen molar-refractivity contribution in [2.45, 2.75) is 44.3 Å². The van der Waals surface area contributed by atoms with Gasteiger partial charge in [0.15, 0.2) is 0 Å². The van der Waals surface area contributed by atoms with Crippen LogP contribution in [0.4, 0.5) is 0 Å². The van der Waals surface area contributed by atoms with Gasteiger partial charge in [0.25, 0.3) is 0 Å². The molecule has 2 aliphatic rings. The van der Waals surface area contributed by atoms with Gasteiger partial charge in [-0.2, -0.15) is 0 Å². The van der Waals surface area contributed by atoms with Gasteiger partial charge in [-0.25, -0.2) is 0 Å². The zero-order valence-corrected chi connectivity index (χ0v) is 9.32.